The van der Waals surface area contributed by atoms with E-state index in [0.29, 0.717) is 5.92 Å². The van der Waals surface area contributed by atoms with Crippen molar-refractivity contribution in [3.8, 4) is 0 Å². The van der Waals surface area contributed by atoms with Crippen LogP contribution in [0.15, 0.2) is 0 Å². The lowest BCUT2D eigenvalue weighted by atomic mass is 9.68. The van der Waals surface area contributed by atoms with Gasteiger partial charge in [-0.05, 0) is 74.5 Å². The molecule has 0 aromatic rings. The lowest BCUT2D eigenvalue weighted by Gasteiger charge is -2.36. The van der Waals surface area contributed by atoms with Gasteiger partial charge in [-0.3, -0.25) is 4.79 Å². The summed E-state index contributed by atoms with van der Waals surface area (Å²) in [4.78, 5) is 11.5. The molecule has 1 N–H and O–H groups in total. The van der Waals surface area contributed by atoms with Gasteiger partial charge < -0.3 is 5.11 Å². The average molecular weight is 264 g/mol. The van der Waals surface area contributed by atoms with Gasteiger partial charge in [-0.2, -0.15) is 0 Å². The zero-order valence-corrected chi connectivity index (χ0v) is 12.2. The normalized spacial score (nSPS) is 45.5. The molecule has 0 amide bonds. The van der Waals surface area contributed by atoms with Crippen LogP contribution in [0.3, 0.4) is 0 Å². The first kappa shape index (κ1) is 13.5. The van der Waals surface area contributed by atoms with E-state index in [1.54, 1.807) is 0 Å². The van der Waals surface area contributed by atoms with Crippen LogP contribution in [0.25, 0.3) is 0 Å². The SMILES string of the molecule is CCC1CCC(C(=O)O)C(CC2CC3CCC2C3)C1. The van der Waals surface area contributed by atoms with Crippen LogP contribution in [0.2, 0.25) is 0 Å². The first-order valence-corrected chi connectivity index (χ1v) is 8.40. The maximum Gasteiger partial charge on any atom is 0.306 e. The zero-order valence-electron chi connectivity index (χ0n) is 12.2. The van der Waals surface area contributed by atoms with Crippen molar-refractivity contribution in [2.45, 2.75) is 64.7 Å². The van der Waals surface area contributed by atoms with Crippen molar-refractivity contribution in [2.24, 2.45) is 35.5 Å². The first-order valence-electron chi connectivity index (χ1n) is 8.40. The van der Waals surface area contributed by atoms with Gasteiger partial charge in [0.15, 0.2) is 0 Å². The Hall–Kier alpha value is -0.530. The highest BCUT2D eigenvalue weighted by molar-refractivity contribution is 5.70. The fourth-order valence-electron chi connectivity index (χ4n) is 5.37. The van der Waals surface area contributed by atoms with Gasteiger partial charge in [-0.15, -0.1) is 0 Å². The summed E-state index contributed by atoms with van der Waals surface area (Å²) >= 11 is 0. The van der Waals surface area contributed by atoms with E-state index in [2.05, 4.69) is 6.92 Å². The minimum Gasteiger partial charge on any atom is -0.481 e. The van der Waals surface area contributed by atoms with Gasteiger partial charge in [-0.25, -0.2) is 0 Å². The molecule has 0 radical (unpaired) electrons. The number of rotatable bonds is 4. The second-order valence-corrected chi connectivity index (χ2v) is 7.46. The quantitative estimate of drug-likeness (QED) is 0.820. The maximum absolute atomic E-state index is 11.5. The fourth-order valence-corrected chi connectivity index (χ4v) is 5.37. The summed E-state index contributed by atoms with van der Waals surface area (Å²) in [5.74, 6) is 3.50. The standard InChI is InChI=1S/C17H28O2/c1-2-11-4-6-16(17(18)19)15(7-11)10-14-9-12-3-5-13(14)8-12/h11-16H,2-10H2,1H3,(H,18,19). The molecule has 3 rings (SSSR count). The summed E-state index contributed by atoms with van der Waals surface area (Å²) < 4.78 is 0. The van der Waals surface area contributed by atoms with E-state index in [1.165, 1.54) is 44.9 Å². The van der Waals surface area contributed by atoms with E-state index in [9.17, 15) is 9.90 Å². The molecular formula is C17H28O2. The van der Waals surface area contributed by atoms with Crippen LogP contribution in [0.4, 0.5) is 0 Å². The molecule has 6 unspecified atom stereocenters. The van der Waals surface area contributed by atoms with E-state index < -0.39 is 5.97 Å². The Bertz CT molecular complexity index is 338. The number of carboxylic acid groups (broad SMARTS) is 1. The third-order valence-electron chi connectivity index (χ3n) is 6.48. The fraction of sp³-hybridized carbons (Fsp3) is 0.941. The molecule has 2 bridgehead atoms. The van der Waals surface area contributed by atoms with Crippen molar-refractivity contribution in [3.05, 3.63) is 0 Å². The van der Waals surface area contributed by atoms with E-state index in [-0.39, 0.29) is 5.92 Å². The Morgan fingerprint density at radius 2 is 1.89 bits per heavy atom. The molecule has 3 fully saturated rings. The molecule has 0 heterocycles. The van der Waals surface area contributed by atoms with Crippen molar-refractivity contribution in [1.82, 2.24) is 0 Å². The van der Waals surface area contributed by atoms with Crippen molar-refractivity contribution >= 4 is 5.97 Å². The smallest absolute Gasteiger partial charge is 0.306 e. The molecule has 0 aliphatic heterocycles. The van der Waals surface area contributed by atoms with Gasteiger partial charge in [0.25, 0.3) is 0 Å². The monoisotopic (exact) mass is 264 g/mol. The van der Waals surface area contributed by atoms with Crippen LogP contribution in [-0.2, 0) is 4.79 Å². The Morgan fingerprint density at radius 3 is 2.47 bits per heavy atom. The van der Waals surface area contributed by atoms with E-state index >= 15 is 0 Å². The molecule has 2 nitrogen and oxygen atoms in total. The molecule has 0 spiro atoms. The second kappa shape index (κ2) is 5.46. The van der Waals surface area contributed by atoms with Crippen LogP contribution in [-0.4, -0.2) is 11.1 Å². The molecular weight excluding hydrogens is 236 g/mol. The summed E-state index contributed by atoms with van der Waals surface area (Å²) in [6.45, 7) is 2.26. The minimum absolute atomic E-state index is 0.0399. The average Bonchev–Trinajstić information content (AvgIpc) is 3.00. The van der Waals surface area contributed by atoms with E-state index in [1.807, 2.05) is 0 Å². The summed E-state index contributed by atoms with van der Waals surface area (Å²) in [6.07, 6.45) is 11.4. The van der Waals surface area contributed by atoms with Crippen LogP contribution in [0.5, 0.6) is 0 Å². The molecule has 0 aromatic heterocycles. The second-order valence-electron chi connectivity index (χ2n) is 7.46. The lowest BCUT2D eigenvalue weighted by molar-refractivity contribution is -0.145. The molecule has 0 saturated heterocycles. The Kier molecular flexibility index (Phi) is 3.86. The predicted octanol–water partition coefficient (Wildman–Crippen LogP) is 4.34. The van der Waals surface area contributed by atoms with Gasteiger partial charge >= 0.3 is 5.97 Å². The Balaban J connectivity index is 1.63. The third-order valence-corrected chi connectivity index (χ3v) is 6.48. The van der Waals surface area contributed by atoms with Crippen LogP contribution >= 0.6 is 0 Å². The molecule has 2 heteroatoms. The van der Waals surface area contributed by atoms with Gasteiger partial charge in [0, 0.05) is 0 Å². The summed E-state index contributed by atoms with van der Waals surface area (Å²) in [6, 6.07) is 0. The molecule has 3 aliphatic rings. The highest BCUT2D eigenvalue weighted by Gasteiger charge is 2.43. The molecule has 108 valence electrons. The molecule has 19 heavy (non-hydrogen) atoms. The lowest BCUT2D eigenvalue weighted by Crippen LogP contribution is -2.32. The van der Waals surface area contributed by atoms with Crippen molar-refractivity contribution in [1.29, 1.82) is 0 Å². The van der Waals surface area contributed by atoms with Crippen molar-refractivity contribution < 1.29 is 9.90 Å². The number of aliphatic carboxylic acids is 1. The van der Waals surface area contributed by atoms with Crippen LogP contribution in [0.1, 0.15) is 64.7 Å². The molecule has 6 atom stereocenters. The Morgan fingerprint density at radius 1 is 1.05 bits per heavy atom. The zero-order chi connectivity index (χ0) is 13.4. The largest absolute Gasteiger partial charge is 0.481 e. The highest BCUT2D eigenvalue weighted by Crippen LogP contribution is 2.52. The topological polar surface area (TPSA) is 37.3 Å². The number of fused-ring (bicyclic) bond motifs is 2. The van der Waals surface area contributed by atoms with Crippen molar-refractivity contribution in [3.63, 3.8) is 0 Å². The van der Waals surface area contributed by atoms with Gasteiger partial charge in [0.1, 0.15) is 0 Å². The van der Waals surface area contributed by atoms with Crippen molar-refractivity contribution in [2.75, 3.05) is 0 Å². The highest BCUT2D eigenvalue weighted by atomic mass is 16.4. The van der Waals surface area contributed by atoms with Crippen LogP contribution in [0, 0.1) is 35.5 Å². The number of carbonyl (C=O) groups is 1. The van der Waals surface area contributed by atoms with Gasteiger partial charge in [0.2, 0.25) is 0 Å². The van der Waals surface area contributed by atoms with Crippen LogP contribution < -0.4 is 0 Å². The Labute approximate surface area is 117 Å². The maximum atomic E-state index is 11.5. The molecule has 3 saturated carbocycles. The number of hydrogen-bond donors (Lipinski definition) is 1. The summed E-state index contributed by atoms with van der Waals surface area (Å²) in [5, 5.41) is 9.47. The summed E-state index contributed by atoms with van der Waals surface area (Å²) in [5.41, 5.74) is 0. The van der Waals surface area contributed by atoms with E-state index in [0.717, 1.165) is 36.5 Å². The summed E-state index contributed by atoms with van der Waals surface area (Å²) in [7, 11) is 0. The molecule has 3 aliphatic carbocycles. The molecule has 0 aromatic carbocycles. The first-order chi connectivity index (χ1) is 9.17. The minimum atomic E-state index is -0.525. The number of hydrogen-bond acceptors (Lipinski definition) is 1. The van der Waals surface area contributed by atoms with Gasteiger partial charge in [0.05, 0.1) is 5.92 Å². The third kappa shape index (κ3) is 2.68. The predicted molar refractivity (Wildman–Crippen MR) is 75.8 cm³/mol. The van der Waals surface area contributed by atoms with Gasteiger partial charge in [-0.1, -0.05) is 19.8 Å². The van der Waals surface area contributed by atoms with E-state index in [4.69, 9.17) is 0 Å². The number of carboxylic acids is 1.